The highest BCUT2D eigenvalue weighted by atomic mass is 16.1. The van der Waals surface area contributed by atoms with Crippen LogP contribution in [0, 0.1) is 17.8 Å². The normalized spacial score (nSPS) is 33.7. The van der Waals surface area contributed by atoms with Crippen LogP contribution in [0.1, 0.15) is 32.1 Å². The second-order valence-corrected chi connectivity index (χ2v) is 6.05. The summed E-state index contributed by atoms with van der Waals surface area (Å²) in [6.07, 6.45) is 5.63. The largest absolute Gasteiger partial charge is 0.327 e. The molecule has 2 fully saturated rings. The van der Waals surface area contributed by atoms with Crippen molar-refractivity contribution in [3.05, 3.63) is 30.3 Å². The molecule has 3 N–H and O–H groups in total. The Hall–Kier alpha value is -1.35. The van der Waals surface area contributed by atoms with Crippen molar-refractivity contribution in [2.24, 2.45) is 23.5 Å². The second kappa shape index (κ2) is 5.33. The number of rotatable bonds is 2. The van der Waals surface area contributed by atoms with Crippen molar-refractivity contribution in [2.45, 2.75) is 38.1 Å². The molecule has 0 aromatic heterocycles. The molecule has 3 nitrogen and oxygen atoms in total. The third kappa shape index (κ3) is 2.66. The van der Waals surface area contributed by atoms with Gasteiger partial charge in [0.05, 0.1) is 0 Å². The van der Waals surface area contributed by atoms with E-state index in [1.54, 1.807) is 0 Å². The van der Waals surface area contributed by atoms with E-state index in [4.69, 9.17) is 5.73 Å². The summed E-state index contributed by atoms with van der Waals surface area (Å²) in [7, 11) is 0. The number of carbonyl (C=O) groups is 1. The van der Waals surface area contributed by atoms with Crippen molar-refractivity contribution in [2.75, 3.05) is 5.32 Å². The van der Waals surface area contributed by atoms with Crippen LogP contribution in [0.3, 0.4) is 0 Å². The molecule has 2 saturated carbocycles. The Labute approximate surface area is 114 Å². The molecular weight excluding hydrogens is 236 g/mol. The van der Waals surface area contributed by atoms with Gasteiger partial charge in [-0.25, -0.2) is 0 Å². The van der Waals surface area contributed by atoms with Gasteiger partial charge >= 0.3 is 0 Å². The van der Waals surface area contributed by atoms with Crippen LogP contribution in [0.25, 0.3) is 0 Å². The molecule has 3 heteroatoms. The van der Waals surface area contributed by atoms with Crippen molar-refractivity contribution in [3.63, 3.8) is 0 Å². The van der Waals surface area contributed by atoms with Crippen molar-refractivity contribution >= 4 is 11.6 Å². The van der Waals surface area contributed by atoms with E-state index in [2.05, 4.69) is 5.32 Å². The van der Waals surface area contributed by atoms with Gasteiger partial charge < -0.3 is 11.1 Å². The van der Waals surface area contributed by atoms with Crippen LogP contribution in [0.5, 0.6) is 0 Å². The van der Waals surface area contributed by atoms with Gasteiger partial charge in [-0.3, -0.25) is 4.79 Å². The number of amides is 1. The molecule has 1 aromatic rings. The highest BCUT2D eigenvalue weighted by Crippen LogP contribution is 2.42. The number of hydrogen-bond donors (Lipinski definition) is 2. The van der Waals surface area contributed by atoms with E-state index in [0.29, 0.717) is 17.9 Å². The lowest BCUT2D eigenvalue weighted by atomic mass is 9.65. The Bertz CT molecular complexity index is 431. The van der Waals surface area contributed by atoms with E-state index in [-0.39, 0.29) is 11.8 Å². The first-order valence-corrected chi connectivity index (χ1v) is 7.35. The van der Waals surface area contributed by atoms with E-state index in [0.717, 1.165) is 18.5 Å². The van der Waals surface area contributed by atoms with Gasteiger partial charge in [0.1, 0.15) is 0 Å². The Balaban J connectivity index is 1.65. The molecule has 2 aliphatic rings. The summed E-state index contributed by atoms with van der Waals surface area (Å²) in [5, 5.41) is 3.04. The third-order valence-electron chi connectivity index (χ3n) is 4.83. The quantitative estimate of drug-likeness (QED) is 0.857. The van der Waals surface area contributed by atoms with Crippen molar-refractivity contribution in [1.29, 1.82) is 0 Å². The smallest absolute Gasteiger partial charge is 0.227 e. The Morgan fingerprint density at radius 3 is 2.37 bits per heavy atom. The first kappa shape index (κ1) is 12.7. The van der Waals surface area contributed by atoms with E-state index in [1.807, 2.05) is 30.3 Å². The molecule has 2 bridgehead atoms. The molecule has 2 unspecified atom stereocenters. The minimum Gasteiger partial charge on any atom is -0.327 e. The molecule has 2 aliphatic carbocycles. The van der Waals surface area contributed by atoms with Gasteiger partial charge in [0.25, 0.3) is 0 Å². The van der Waals surface area contributed by atoms with Gasteiger partial charge in [-0.05, 0) is 49.7 Å². The molecule has 0 saturated heterocycles. The summed E-state index contributed by atoms with van der Waals surface area (Å²) in [6, 6.07) is 10.1. The number of anilines is 1. The number of nitrogens with one attached hydrogen (secondary N) is 1. The topological polar surface area (TPSA) is 55.1 Å². The molecule has 19 heavy (non-hydrogen) atoms. The van der Waals surface area contributed by atoms with Crippen molar-refractivity contribution in [3.8, 4) is 0 Å². The third-order valence-corrected chi connectivity index (χ3v) is 4.83. The zero-order valence-corrected chi connectivity index (χ0v) is 11.2. The molecule has 1 aromatic carbocycles. The number of carbonyl (C=O) groups excluding carboxylic acids is 1. The van der Waals surface area contributed by atoms with Gasteiger partial charge in [0.2, 0.25) is 5.91 Å². The van der Waals surface area contributed by atoms with Gasteiger partial charge in [-0.1, -0.05) is 24.6 Å². The van der Waals surface area contributed by atoms with Crippen LogP contribution in [-0.2, 0) is 4.79 Å². The molecule has 0 spiro atoms. The first-order valence-electron chi connectivity index (χ1n) is 7.35. The maximum atomic E-state index is 12.4. The monoisotopic (exact) mass is 258 g/mol. The van der Waals surface area contributed by atoms with Crippen LogP contribution in [0.4, 0.5) is 5.69 Å². The molecule has 0 radical (unpaired) electrons. The fourth-order valence-corrected chi connectivity index (χ4v) is 3.77. The lowest BCUT2D eigenvalue weighted by molar-refractivity contribution is -0.122. The summed E-state index contributed by atoms with van der Waals surface area (Å²) in [6.45, 7) is 0. The lowest BCUT2D eigenvalue weighted by Gasteiger charge is -2.43. The van der Waals surface area contributed by atoms with Crippen molar-refractivity contribution < 1.29 is 4.79 Å². The SMILES string of the molecule is NC1C2CCCC1CC(C(=O)Nc1ccccc1)C2. The van der Waals surface area contributed by atoms with Crippen LogP contribution in [0.2, 0.25) is 0 Å². The highest BCUT2D eigenvalue weighted by molar-refractivity contribution is 5.92. The summed E-state index contributed by atoms with van der Waals surface area (Å²) in [4.78, 5) is 12.4. The number of nitrogens with two attached hydrogens (primary N) is 1. The maximum Gasteiger partial charge on any atom is 0.227 e. The minimum absolute atomic E-state index is 0.148. The van der Waals surface area contributed by atoms with Crippen LogP contribution in [-0.4, -0.2) is 11.9 Å². The number of hydrogen-bond acceptors (Lipinski definition) is 2. The summed E-state index contributed by atoms with van der Waals surface area (Å²) in [5.41, 5.74) is 7.16. The summed E-state index contributed by atoms with van der Waals surface area (Å²) in [5.74, 6) is 1.43. The molecule has 0 heterocycles. The second-order valence-electron chi connectivity index (χ2n) is 6.05. The molecule has 3 rings (SSSR count). The number of benzene rings is 1. The standard InChI is InChI=1S/C16H22N2O/c17-15-11-5-4-6-12(15)10-13(9-11)16(19)18-14-7-2-1-3-8-14/h1-3,7-8,11-13,15H,4-6,9-10,17H2,(H,18,19). The van der Waals surface area contributed by atoms with Gasteiger partial charge in [0, 0.05) is 17.6 Å². The van der Waals surface area contributed by atoms with Gasteiger partial charge in [0.15, 0.2) is 0 Å². The molecule has 0 aliphatic heterocycles. The lowest BCUT2D eigenvalue weighted by Crippen LogP contribution is -2.48. The number of fused-ring (bicyclic) bond motifs is 2. The molecule has 2 atom stereocenters. The Morgan fingerprint density at radius 2 is 1.74 bits per heavy atom. The molecule has 1 amide bonds. The minimum atomic E-state index is 0.148. The average molecular weight is 258 g/mol. The zero-order chi connectivity index (χ0) is 13.2. The average Bonchev–Trinajstić information content (AvgIpc) is 2.39. The maximum absolute atomic E-state index is 12.4. The van der Waals surface area contributed by atoms with Crippen molar-refractivity contribution in [1.82, 2.24) is 0 Å². The van der Waals surface area contributed by atoms with Gasteiger partial charge in [-0.2, -0.15) is 0 Å². The highest BCUT2D eigenvalue weighted by Gasteiger charge is 2.40. The van der Waals surface area contributed by atoms with Crippen LogP contribution >= 0.6 is 0 Å². The fraction of sp³-hybridized carbons (Fsp3) is 0.562. The predicted molar refractivity (Wildman–Crippen MR) is 76.6 cm³/mol. The van der Waals surface area contributed by atoms with E-state index in [1.165, 1.54) is 19.3 Å². The van der Waals surface area contributed by atoms with E-state index in [9.17, 15) is 4.79 Å². The Kier molecular flexibility index (Phi) is 3.56. The number of para-hydroxylation sites is 1. The predicted octanol–water partition coefficient (Wildman–Crippen LogP) is 2.78. The van der Waals surface area contributed by atoms with E-state index >= 15 is 0 Å². The molecular formula is C16H22N2O. The zero-order valence-electron chi connectivity index (χ0n) is 11.2. The fourth-order valence-electron chi connectivity index (χ4n) is 3.77. The Morgan fingerprint density at radius 1 is 1.11 bits per heavy atom. The first-order chi connectivity index (χ1) is 9.24. The summed E-state index contributed by atoms with van der Waals surface area (Å²) >= 11 is 0. The van der Waals surface area contributed by atoms with Crippen LogP contribution in [0.15, 0.2) is 30.3 Å². The summed E-state index contributed by atoms with van der Waals surface area (Å²) < 4.78 is 0. The van der Waals surface area contributed by atoms with E-state index < -0.39 is 0 Å². The molecule has 102 valence electrons. The van der Waals surface area contributed by atoms with Crippen LogP contribution < -0.4 is 11.1 Å². The van der Waals surface area contributed by atoms with Gasteiger partial charge in [-0.15, -0.1) is 0 Å².